The monoisotopic (exact) mass is 619 g/mol. The number of carbonyl (C=O) groups excluding carboxylic acids is 1. The zero-order valence-electron chi connectivity index (χ0n) is 23.3. The zero-order valence-corrected chi connectivity index (χ0v) is 23.3. The van der Waals surface area contributed by atoms with E-state index in [9.17, 15) is 36.2 Å². The molecule has 2 aromatic carbocycles. The number of nitrogens with two attached hydrogens (primary N) is 1. The van der Waals surface area contributed by atoms with E-state index in [1.165, 1.54) is 19.4 Å². The van der Waals surface area contributed by atoms with Crippen LogP contribution in [0.25, 0.3) is 16.8 Å². The Kier molecular flexibility index (Phi) is 7.02. The highest BCUT2D eigenvalue weighted by Gasteiger charge is 2.57. The smallest absolute Gasteiger partial charge is 0.425 e. The minimum atomic E-state index is -5.40. The highest BCUT2D eigenvalue weighted by molar-refractivity contribution is 5.88. The summed E-state index contributed by atoms with van der Waals surface area (Å²) < 4.78 is 90.8. The van der Waals surface area contributed by atoms with Crippen molar-refractivity contribution in [1.29, 1.82) is 0 Å². The number of nitrogens with zero attached hydrogens (tertiary/aromatic N) is 4. The molecule has 6 rings (SSSR count). The van der Waals surface area contributed by atoms with Gasteiger partial charge in [0.05, 0.1) is 12.7 Å². The summed E-state index contributed by atoms with van der Waals surface area (Å²) in [6.45, 7) is 0.454. The van der Waals surface area contributed by atoms with E-state index in [0.29, 0.717) is 30.4 Å². The summed E-state index contributed by atoms with van der Waals surface area (Å²) in [6.07, 6.45) is -4.33. The van der Waals surface area contributed by atoms with Crippen LogP contribution < -0.4 is 10.5 Å². The van der Waals surface area contributed by atoms with Crippen molar-refractivity contribution >= 4 is 17.2 Å². The number of aliphatic hydroxyl groups is 1. The van der Waals surface area contributed by atoms with Gasteiger partial charge in [0, 0.05) is 48.4 Å². The van der Waals surface area contributed by atoms with E-state index in [4.69, 9.17) is 15.5 Å². The maximum absolute atomic E-state index is 14.5. The predicted molar refractivity (Wildman–Crippen MR) is 147 cm³/mol. The number of imidazole rings is 1. The fourth-order valence-electron chi connectivity index (χ4n) is 6.37. The van der Waals surface area contributed by atoms with E-state index >= 15 is 0 Å². The van der Waals surface area contributed by atoms with Gasteiger partial charge in [0.2, 0.25) is 11.5 Å². The lowest BCUT2D eigenvalue weighted by Crippen LogP contribution is -2.43. The summed E-state index contributed by atoms with van der Waals surface area (Å²) in [4.78, 5) is 23.3. The van der Waals surface area contributed by atoms with Gasteiger partial charge in [-0.2, -0.15) is 26.3 Å². The second kappa shape index (κ2) is 10.4. The van der Waals surface area contributed by atoms with E-state index in [1.54, 1.807) is 10.6 Å². The fourth-order valence-corrected chi connectivity index (χ4v) is 6.37. The Morgan fingerprint density at radius 3 is 2.43 bits per heavy atom. The Balaban J connectivity index is 1.47. The lowest BCUT2D eigenvalue weighted by Gasteiger charge is -2.34. The van der Waals surface area contributed by atoms with Crippen molar-refractivity contribution < 1.29 is 41.0 Å². The van der Waals surface area contributed by atoms with Gasteiger partial charge >= 0.3 is 12.4 Å². The molecule has 8 nitrogen and oxygen atoms in total. The molecule has 2 aromatic heterocycles. The first-order valence-electron chi connectivity index (χ1n) is 13.8. The molecule has 0 radical (unpaired) electrons. The number of nitrogen functional groups attached to an aromatic ring is 1. The first-order chi connectivity index (χ1) is 20.7. The molecule has 1 amide bonds. The van der Waals surface area contributed by atoms with E-state index in [-0.39, 0.29) is 46.8 Å². The second-order valence-corrected chi connectivity index (χ2v) is 11.1. The van der Waals surface area contributed by atoms with Crippen LogP contribution in [-0.4, -0.2) is 56.2 Å². The number of fused-ring (bicyclic) bond motifs is 2. The molecule has 232 valence electrons. The molecule has 0 saturated carbocycles. The van der Waals surface area contributed by atoms with Gasteiger partial charge in [-0.1, -0.05) is 18.2 Å². The lowest BCUT2D eigenvalue weighted by atomic mass is 9.84. The molecular weight excluding hydrogens is 592 g/mol. The normalized spacial score (nSPS) is 20.5. The SMILES string of the molecule is COc1cc(C(O)(c2cccc(C(F)(F)F)c2)C(F)(F)F)ccc1-c1nc([C@@H]2CC[C@H]3CCC(=O)N3C2)n2ccnc(N)c12. The molecule has 4 heterocycles. The lowest BCUT2D eigenvalue weighted by molar-refractivity contribution is -0.248. The number of methoxy groups -OCH3 is 1. The molecule has 0 aliphatic carbocycles. The van der Waals surface area contributed by atoms with Gasteiger partial charge in [-0.3, -0.25) is 9.20 Å². The van der Waals surface area contributed by atoms with Crippen LogP contribution in [0.5, 0.6) is 5.75 Å². The number of anilines is 1. The molecule has 1 unspecified atom stereocenters. The quantitative estimate of drug-likeness (QED) is 0.279. The maximum Gasteiger partial charge on any atom is 0.425 e. The van der Waals surface area contributed by atoms with Gasteiger partial charge in [-0.25, -0.2) is 9.97 Å². The number of hydrogen-bond donors (Lipinski definition) is 2. The standard InChI is InChI=1S/C30H27F6N5O3/c1-44-22-14-18(28(43,30(34,35)36)17-3-2-4-19(13-17)29(31,32)33)6-9-21(22)24-25-26(37)38-11-12-40(25)27(39-24)16-5-7-20-8-10-23(42)41(20)15-16/h2-4,6,9,11-14,16,20,43H,5,7-8,10,15H2,1H3,(H2,37,38)/t16-,20+,28?/m1/s1. The van der Waals surface area contributed by atoms with Crippen molar-refractivity contribution in [3.05, 3.63) is 77.4 Å². The van der Waals surface area contributed by atoms with Gasteiger partial charge in [0.15, 0.2) is 0 Å². The number of piperidine rings is 1. The number of rotatable bonds is 5. The van der Waals surface area contributed by atoms with Crippen molar-refractivity contribution in [2.75, 3.05) is 19.4 Å². The van der Waals surface area contributed by atoms with E-state index in [0.717, 1.165) is 43.5 Å². The Bertz CT molecular complexity index is 1750. The average Bonchev–Trinajstić information content (AvgIpc) is 3.56. The van der Waals surface area contributed by atoms with Crippen LogP contribution in [0.3, 0.4) is 0 Å². The maximum atomic E-state index is 14.5. The third kappa shape index (κ3) is 4.71. The molecule has 3 N–H and O–H groups in total. The highest BCUT2D eigenvalue weighted by atomic mass is 19.4. The molecule has 2 fully saturated rings. The van der Waals surface area contributed by atoms with Crippen LogP contribution >= 0.6 is 0 Å². The van der Waals surface area contributed by atoms with Crippen molar-refractivity contribution in [2.24, 2.45) is 0 Å². The summed E-state index contributed by atoms with van der Waals surface area (Å²) in [5.74, 6) is 0.471. The van der Waals surface area contributed by atoms with Crippen molar-refractivity contribution in [1.82, 2.24) is 19.3 Å². The molecule has 4 aromatic rings. The number of hydrogen-bond acceptors (Lipinski definition) is 6. The van der Waals surface area contributed by atoms with Crippen LogP contribution in [0, 0.1) is 0 Å². The Morgan fingerprint density at radius 1 is 1.00 bits per heavy atom. The molecule has 14 heteroatoms. The van der Waals surface area contributed by atoms with Crippen molar-refractivity contribution in [3.63, 3.8) is 0 Å². The zero-order chi connectivity index (χ0) is 31.6. The Hall–Kier alpha value is -4.33. The number of carbonyl (C=O) groups is 1. The van der Waals surface area contributed by atoms with Gasteiger partial charge in [0.1, 0.15) is 28.6 Å². The molecule has 2 saturated heterocycles. The van der Waals surface area contributed by atoms with E-state index < -0.39 is 34.6 Å². The number of aromatic nitrogens is 3. The predicted octanol–water partition coefficient (Wildman–Crippen LogP) is 5.67. The third-order valence-electron chi connectivity index (χ3n) is 8.59. The number of benzene rings is 2. The van der Waals surface area contributed by atoms with E-state index in [2.05, 4.69) is 4.98 Å². The summed E-state index contributed by atoms with van der Waals surface area (Å²) in [6, 6.07) is 5.81. The van der Waals surface area contributed by atoms with Crippen LogP contribution in [0.1, 0.15) is 54.1 Å². The second-order valence-electron chi connectivity index (χ2n) is 11.1. The van der Waals surface area contributed by atoms with Gasteiger partial charge < -0.3 is 20.5 Å². The first kappa shape index (κ1) is 29.7. The first-order valence-corrected chi connectivity index (χ1v) is 13.8. The number of amides is 1. The average molecular weight is 620 g/mol. The molecule has 2 aliphatic heterocycles. The van der Waals surface area contributed by atoms with E-state index in [1.807, 2.05) is 4.90 Å². The molecule has 2 aliphatic rings. The minimum absolute atomic E-state index is 0.0807. The molecular formula is C30H27F6N5O3. The Labute approximate surface area is 247 Å². The molecule has 3 atom stereocenters. The number of alkyl halides is 6. The summed E-state index contributed by atoms with van der Waals surface area (Å²) in [5.41, 5.74) is 0.186. The van der Waals surface area contributed by atoms with Gasteiger partial charge in [-0.05, 0) is 49.1 Å². The molecule has 44 heavy (non-hydrogen) atoms. The largest absolute Gasteiger partial charge is 0.496 e. The minimum Gasteiger partial charge on any atom is -0.496 e. The fraction of sp³-hybridized carbons (Fsp3) is 0.367. The van der Waals surface area contributed by atoms with Crippen LogP contribution in [0.2, 0.25) is 0 Å². The van der Waals surface area contributed by atoms with Crippen molar-refractivity contribution in [2.45, 2.75) is 55.6 Å². The number of halogens is 6. The summed E-state index contributed by atoms with van der Waals surface area (Å²) in [5, 5.41) is 11.1. The van der Waals surface area contributed by atoms with Gasteiger partial charge in [0.25, 0.3) is 0 Å². The van der Waals surface area contributed by atoms with Crippen LogP contribution in [0.15, 0.2) is 54.9 Å². The molecule has 0 bridgehead atoms. The highest BCUT2D eigenvalue weighted by Crippen LogP contribution is 2.48. The van der Waals surface area contributed by atoms with Gasteiger partial charge in [-0.15, -0.1) is 0 Å². The van der Waals surface area contributed by atoms with Crippen LogP contribution in [0.4, 0.5) is 32.2 Å². The third-order valence-corrected chi connectivity index (χ3v) is 8.59. The number of ether oxygens (including phenoxy) is 1. The Morgan fingerprint density at radius 2 is 1.73 bits per heavy atom. The van der Waals surface area contributed by atoms with Crippen molar-refractivity contribution in [3.8, 4) is 17.0 Å². The topological polar surface area (TPSA) is 106 Å². The summed E-state index contributed by atoms with van der Waals surface area (Å²) >= 11 is 0. The summed E-state index contributed by atoms with van der Waals surface area (Å²) in [7, 11) is 1.21. The molecule has 0 spiro atoms. The van der Waals surface area contributed by atoms with Crippen LogP contribution in [-0.2, 0) is 16.6 Å².